The predicted octanol–water partition coefficient (Wildman–Crippen LogP) is 7.27. The van der Waals surface area contributed by atoms with E-state index in [1.54, 1.807) is 18.4 Å². The molecule has 3 nitrogen and oxygen atoms in total. The summed E-state index contributed by atoms with van der Waals surface area (Å²) in [6.45, 7) is 0. The van der Waals surface area contributed by atoms with Gasteiger partial charge in [0.05, 0.1) is 6.26 Å². The smallest absolute Gasteiger partial charge is 0.255 e. The number of halogens is 1. The average Bonchev–Trinajstić information content (AvgIpc) is 3.18. The highest BCUT2D eigenvalue weighted by Crippen LogP contribution is 2.40. The molecule has 0 bridgehead atoms. The monoisotopic (exact) mass is 441 g/mol. The van der Waals surface area contributed by atoms with E-state index in [4.69, 9.17) is 4.42 Å². The summed E-state index contributed by atoms with van der Waals surface area (Å²) in [6.07, 6.45) is 1.77. The molecule has 4 aromatic carbocycles. The lowest BCUT2D eigenvalue weighted by molar-refractivity contribution is 0.102. The SMILES string of the molecule is O=C(Nc1ccc2ccccc2c1-c1coc2ccccc12)c1ccc(Br)cc1. The number of rotatable bonds is 3. The number of hydrogen-bond donors (Lipinski definition) is 1. The number of amides is 1. The maximum atomic E-state index is 12.9. The Balaban J connectivity index is 1.69. The first-order chi connectivity index (χ1) is 14.2. The van der Waals surface area contributed by atoms with Crippen LogP contribution in [0.1, 0.15) is 10.4 Å². The van der Waals surface area contributed by atoms with E-state index in [2.05, 4.69) is 33.4 Å². The standard InChI is InChI=1S/C25H16BrNO2/c26-18-12-9-17(10-13-18)25(28)27-22-14-11-16-5-1-2-6-19(16)24(22)21-15-29-23-8-4-3-7-20(21)23/h1-15H,(H,27,28). The van der Waals surface area contributed by atoms with Gasteiger partial charge in [0.15, 0.2) is 0 Å². The second-order valence-electron chi connectivity index (χ2n) is 6.82. The molecule has 29 heavy (non-hydrogen) atoms. The first-order valence-corrected chi connectivity index (χ1v) is 10.1. The Morgan fingerprint density at radius 3 is 2.34 bits per heavy atom. The molecule has 0 aliphatic heterocycles. The van der Waals surface area contributed by atoms with Gasteiger partial charge in [0.25, 0.3) is 5.91 Å². The molecule has 4 heteroatoms. The highest BCUT2D eigenvalue weighted by atomic mass is 79.9. The summed E-state index contributed by atoms with van der Waals surface area (Å²) < 4.78 is 6.73. The van der Waals surface area contributed by atoms with E-state index in [0.29, 0.717) is 5.56 Å². The fourth-order valence-corrected chi connectivity index (χ4v) is 3.90. The minimum Gasteiger partial charge on any atom is -0.464 e. The molecule has 1 aromatic heterocycles. The Hall–Kier alpha value is -3.37. The van der Waals surface area contributed by atoms with Crippen molar-refractivity contribution in [2.45, 2.75) is 0 Å². The average molecular weight is 442 g/mol. The van der Waals surface area contributed by atoms with Gasteiger partial charge in [0.2, 0.25) is 0 Å². The third kappa shape index (κ3) is 3.22. The Labute approximate surface area is 176 Å². The number of anilines is 1. The summed E-state index contributed by atoms with van der Waals surface area (Å²) in [5.41, 5.74) is 4.09. The van der Waals surface area contributed by atoms with E-state index in [0.717, 1.165) is 43.0 Å². The van der Waals surface area contributed by atoms with Crippen molar-refractivity contribution in [2.24, 2.45) is 0 Å². The van der Waals surface area contributed by atoms with Gasteiger partial charge >= 0.3 is 0 Å². The number of carbonyl (C=O) groups excluding carboxylic acids is 1. The Bertz CT molecular complexity index is 1350. The molecule has 5 aromatic rings. The molecule has 0 atom stereocenters. The molecular weight excluding hydrogens is 426 g/mol. The van der Waals surface area contributed by atoms with Gasteiger partial charge in [-0.25, -0.2) is 0 Å². The van der Waals surface area contributed by atoms with E-state index >= 15 is 0 Å². The molecule has 0 radical (unpaired) electrons. The van der Waals surface area contributed by atoms with Crippen molar-refractivity contribution in [1.29, 1.82) is 0 Å². The third-order valence-corrected chi connectivity index (χ3v) is 5.56. The van der Waals surface area contributed by atoms with Crippen LogP contribution in [-0.2, 0) is 0 Å². The number of carbonyl (C=O) groups is 1. The lowest BCUT2D eigenvalue weighted by Gasteiger charge is -2.14. The molecule has 0 saturated carbocycles. The second-order valence-corrected chi connectivity index (χ2v) is 7.73. The minimum absolute atomic E-state index is 0.151. The predicted molar refractivity (Wildman–Crippen MR) is 121 cm³/mol. The van der Waals surface area contributed by atoms with Gasteiger partial charge in [-0.3, -0.25) is 4.79 Å². The minimum atomic E-state index is -0.151. The summed E-state index contributed by atoms with van der Waals surface area (Å²) in [4.78, 5) is 12.9. The Morgan fingerprint density at radius 2 is 1.52 bits per heavy atom. The maximum absolute atomic E-state index is 12.9. The zero-order chi connectivity index (χ0) is 19.8. The van der Waals surface area contributed by atoms with Crippen LogP contribution in [0.5, 0.6) is 0 Å². The highest BCUT2D eigenvalue weighted by Gasteiger charge is 2.17. The number of benzene rings is 4. The molecule has 0 aliphatic carbocycles. The molecule has 1 heterocycles. The summed E-state index contributed by atoms with van der Waals surface area (Å²) >= 11 is 3.41. The summed E-state index contributed by atoms with van der Waals surface area (Å²) in [5.74, 6) is -0.151. The topological polar surface area (TPSA) is 42.2 Å². The van der Waals surface area contributed by atoms with Gasteiger partial charge < -0.3 is 9.73 Å². The number of nitrogens with one attached hydrogen (secondary N) is 1. The largest absolute Gasteiger partial charge is 0.464 e. The quantitative estimate of drug-likeness (QED) is 0.319. The first kappa shape index (κ1) is 17.7. The fourth-order valence-electron chi connectivity index (χ4n) is 3.63. The molecule has 1 N–H and O–H groups in total. The van der Waals surface area contributed by atoms with Crippen molar-refractivity contribution in [3.05, 3.63) is 101 Å². The van der Waals surface area contributed by atoms with Crippen LogP contribution in [0.2, 0.25) is 0 Å². The van der Waals surface area contributed by atoms with Crippen molar-refractivity contribution in [3.63, 3.8) is 0 Å². The van der Waals surface area contributed by atoms with Gasteiger partial charge in [-0.15, -0.1) is 0 Å². The van der Waals surface area contributed by atoms with Gasteiger partial charge in [-0.05, 0) is 47.2 Å². The van der Waals surface area contributed by atoms with Gasteiger partial charge in [-0.1, -0.05) is 64.5 Å². The lowest BCUT2D eigenvalue weighted by atomic mass is 9.95. The van der Waals surface area contributed by atoms with Crippen molar-refractivity contribution in [1.82, 2.24) is 0 Å². The van der Waals surface area contributed by atoms with E-state index in [1.165, 1.54) is 0 Å². The summed E-state index contributed by atoms with van der Waals surface area (Å²) in [5, 5.41) is 6.28. The molecule has 0 aliphatic rings. The van der Waals surface area contributed by atoms with Crippen molar-refractivity contribution in [3.8, 4) is 11.1 Å². The third-order valence-electron chi connectivity index (χ3n) is 5.03. The zero-order valence-corrected chi connectivity index (χ0v) is 16.9. The van der Waals surface area contributed by atoms with Crippen molar-refractivity contribution < 1.29 is 9.21 Å². The van der Waals surface area contributed by atoms with Gasteiger partial charge in [0.1, 0.15) is 5.58 Å². The van der Waals surface area contributed by atoms with E-state index in [9.17, 15) is 4.79 Å². The van der Waals surface area contributed by atoms with Crippen LogP contribution in [0.25, 0.3) is 32.9 Å². The van der Waals surface area contributed by atoms with Gasteiger partial charge in [0, 0.05) is 32.2 Å². The van der Waals surface area contributed by atoms with Crippen LogP contribution in [-0.4, -0.2) is 5.91 Å². The van der Waals surface area contributed by atoms with Crippen LogP contribution in [0.15, 0.2) is 100 Å². The molecule has 0 unspecified atom stereocenters. The van der Waals surface area contributed by atoms with Crippen LogP contribution >= 0.6 is 15.9 Å². The molecular formula is C25H16BrNO2. The molecule has 140 valence electrons. The van der Waals surface area contributed by atoms with Crippen molar-refractivity contribution >= 4 is 49.3 Å². The van der Waals surface area contributed by atoms with Crippen LogP contribution in [0.3, 0.4) is 0 Å². The zero-order valence-electron chi connectivity index (χ0n) is 15.4. The summed E-state index contributed by atoms with van der Waals surface area (Å²) in [6, 6.07) is 27.4. The molecule has 1 amide bonds. The number of fused-ring (bicyclic) bond motifs is 2. The van der Waals surface area contributed by atoms with Crippen molar-refractivity contribution in [2.75, 3.05) is 5.32 Å². The highest BCUT2D eigenvalue weighted by molar-refractivity contribution is 9.10. The number of para-hydroxylation sites is 1. The Kier molecular flexibility index (Phi) is 4.41. The maximum Gasteiger partial charge on any atom is 0.255 e. The normalized spacial score (nSPS) is 11.1. The Morgan fingerprint density at radius 1 is 0.793 bits per heavy atom. The molecule has 0 spiro atoms. The number of hydrogen-bond acceptors (Lipinski definition) is 2. The summed E-state index contributed by atoms with van der Waals surface area (Å²) in [7, 11) is 0. The molecule has 0 fully saturated rings. The van der Waals surface area contributed by atoms with E-state index in [-0.39, 0.29) is 5.91 Å². The lowest BCUT2D eigenvalue weighted by Crippen LogP contribution is -2.12. The second kappa shape index (κ2) is 7.22. The van der Waals surface area contributed by atoms with E-state index in [1.807, 2.05) is 60.7 Å². The fraction of sp³-hybridized carbons (Fsp3) is 0. The first-order valence-electron chi connectivity index (χ1n) is 9.26. The van der Waals surface area contributed by atoms with Gasteiger partial charge in [-0.2, -0.15) is 0 Å². The van der Waals surface area contributed by atoms with Crippen LogP contribution < -0.4 is 5.32 Å². The van der Waals surface area contributed by atoms with Crippen LogP contribution in [0, 0.1) is 0 Å². The van der Waals surface area contributed by atoms with E-state index < -0.39 is 0 Å². The van der Waals surface area contributed by atoms with Crippen LogP contribution in [0.4, 0.5) is 5.69 Å². The number of furan rings is 1. The molecule has 0 saturated heterocycles. The molecule has 5 rings (SSSR count).